The topological polar surface area (TPSA) is 0 Å². The fourth-order valence-electron chi connectivity index (χ4n) is 26.2. The second kappa shape index (κ2) is 5.03. The minimum atomic E-state index is -0.191. The number of hydrogen-bond acceptors (Lipinski definition) is 0. The van der Waals surface area contributed by atoms with Crippen LogP contribution in [0.15, 0.2) is 0 Å². The molecule has 0 heteroatoms. The maximum atomic E-state index is 2.85. The van der Waals surface area contributed by atoms with Crippen LogP contribution in [-0.4, -0.2) is 0 Å². The van der Waals surface area contributed by atoms with Crippen LogP contribution in [0.25, 0.3) is 215 Å². The van der Waals surface area contributed by atoms with Crippen molar-refractivity contribution in [2.75, 3.05) is 0 Å². The quantitative estimate of drug-likeness (QED) is 0.106. The lowest BCUT2D eigenvalue weighted by atomic mass is 9.49. The molecule has 10 aliphatic carbocycles. The maximum absolute atomic E-state index is 2.85. The Balaban J connectivity index is 1.26. The second-order valence-electron chi connectivity index (χ2n) is 26.2. The van der Waals surface area contributed by atoms with Gasteiger partial charge in [0.05, 0.1) is 0 Å². The molecule has 0 fully saturated rings. The molecule has 0 atom stereocenters. The van der Waals surface area contributed by atoms with Crippen LogP contribution in [0.3, 0.4) is 0 Å². The fraction of sp³-hybridized carbons (Fsp3) is 0.154. The summed E-state index contributed by atoms with van der Waals surface area (Å²) in [7, 11) is 0. The molecule has 0 spiro atoms. The van der Waals surface area contributed by atoms with Crippen LogP contribution in [0.4, 0.5) is 0 Å². The summed E-state index contributed by atoms with van der Waals surface area (Å²) in [6, 6.07) is 0. The predicted molar refractivity (Wildman–Crippen MR) is 268 cm³/mol. The summed E-state index contributed by atoms with van der Waals surface area (Å²) >= 11 is 0. The Morgan fingerprint density at radius 2 is 0.323 bits per heavy atom. The van der Waals surface area contributed by atoms with Gasteiger partial charge in [-0.25, -0.2) is 0 Å². The summed E-state index contributed by atoms with van der Waals surface area (Å²) in [6.07, 6.45) is 0. The van der Waals surface area contributed by atoms with Gasteiger partial charge in [0.15, 0.2) is 0 Å². The van der Waals surface area contributed by atoms with Gasteiger partial charge in [-0.2, -0.15) is 11.1 Å². The molecule has 0 N–H and O–H groups in total. The van der Waals surface area contributed by atoms with Crippen LogP contribution in [0.1, 0.15) is 118 Å². The van der Waals surface area contributed by atoms with E-state index in [0.717, 1.165) is 0 Å². The molecule has 0 saturated heterocycles. The highest BCUT2D eigenvalue weighted by Gasteiger charge is 2.71. The zero-order valence-electron chi connectivity index (χ0n) is 35.0. The first-order valence-electron chi connectivity index (χ1n) is 25.0. The minimum Gasteiger partial charge on any atom is -0.175 e. The normalized spacial score (nSPS) is 30.2. The molecule has 32 rings (SSSR count). The molecule has 0 aliphatic heterocycles. The van der Waals surface area contributed by atoms with Crippen LogP contribution in [0.5, 0.6) is 0 Å². The molecule has 65 heavy (non-hydrogen) atoms. The monoisotopic (exact) mass is 795 g/mol. The highest BCUT2D eigenvalue weighted by Crippen LogP contribution is 2.88. The fourth-order valence-corrected chi connectivity index (χ4v) is 26.2. The average Bonchev–Trinajstić information content (AvgIpc) is 4.15. The lowest BCUT2D eigenvalue weighted by Gasteiger charge is -2.58. The zero-order chi connectivity index (χ0) is 39.3. The molecule has 0 nitrogen and oxygen atoms in total. The van der Waals surface area contributed by atoms with E-state index in [1.165, 1.54) is 0 Å². The van der Waals surface area contributed by atoms with Gasteiger partial charge in [0, 0.05) is 16.2 Å². The van der Waals surface area contributed by atoms with Crippen molar-refractivity contribution in [1.82, 2.24) is 0 Å². The lowest BCUT2D eigenvalue weighted by molar-refractivity contribution is 0.524. The van der Waals surface area contributed by atoms with Crippen molar-refractivity contribution in [2.24, 2.45) is 0 Å². The van der Waals surface area contributed by atoms with Crippen LogP contribution >= 0.6 is 0 Å². The molecule has 22 aromatic rings. The van der Waals surface area contributed by atoms with Gasteiger partial charge < -0.3 is 0 Å². The van der Waals surface area contributed by atoms with Gasteiger partial charge in [-0.15, -0.1) is 16.7 Å². The van der Waals surface area contributed by atoms with Crippen molar-refractivity contribution in [1.29, 1.82) is 0 Å². The summed E-state index contributed by atoms with van der Waals surface area (Å²) in [6.45, 7) is 14.2. The van der Waals surface area contributed by atoms with E-state index in [9.17, 15) is 0 Å². The largest absolute Gasteiger partial charge is 0.175 e. The molecule has 10 aliphatic rings. The first kappa shape index (κ1) is 24.2. The highest BCUT2D eigenvalue weighted by atomic mass is 14.8. The SMILES string of the molecule is CC12c3c4c5[c-]6c3C3(C)c7c1c1c8c2c2c9c%10c(c%11c%12c%13c(c%14c%15c%16c(c3c3c7c7c1c1c%17c8c9c8c9c%10c%12c%10c%12c%13c%15c%13c%15c%16c3c3c7c1c1c(c%178)c(c9%10)c(c%12%13)c1c3%15)C%146C)C%115C)C42C. The summed E-state index contributed by atoms with van der Waals surface area (Å²) < 4.78 is 0. The molecule has 0 bridgehead atoms. The van der Waals surface area contributed by atoms with E-state index in [-0.39, 0.29) is 27.1 Å². The summed E-state index contributed by atoms with van der Waals surface area (Å²) in [5, 5.41) is 67.8. The van der Waals surface area contributed by atoms with Gasteiger partial charge in [-0.1, -0.05) is 20.8 Å². The van der Waals surface area contributed by atoms with E-state index in [4.69, 9.17) is 0 Å². The van der Waals surface area contributed by atoms with E-state index < -0.39 is 0 Å². The van der Waals surface area contributed by atoms with Crippen molar-refractivity contribution in [3.63, 3.8) is 0 Å². The third kappa shape index (κ3) is 1.17. The molecular weight excluding hydrogens is 781 g/mol. The summed E-state index contributed by atoms with van der Waals surface area (Å²) in [4.78, 5) is 0. The first-order valence-corrected chi connectivity index (χ1v) is 25.0. The smallest absolute Gasteiger partial charge is 0.0219 e. The minimum absolute atomic E-state index is 0.191. The first-order chi connectivity index (χ1) is 31.8. The zero-order valence-corrected chi connectivity index (χ0v) is 35.0. The Kier molecular flexibility index (Phi) is 1.87. The highest BCUT2D eigenvalue weighted by molar-refractivity contribution is 6.77. The Hall–Kier alpha value is -7.15. The van der Waals surface area contributed by atoms with Crippen molar-refractivity contribution in [3.8, 4) is 0 Å². The van der Waals surface area contributed by atoms with E-state index in [0.29, 0.717) is 0 Å². The number of rotatable bonds is 0. The molecular formula is C65H15-. The van der Waals surface area contributed by atoms with E-state index in [1.54, 1.807) is 271 Å². The van der Waals surface area contributed by atoms with Crippen molar-refractivity contribution < 1.29 is 0 Å². The van der Waals surface area contributed by atoms with Crippen LogP contribution in [0.2, 0.25) is 0 Å². The third-order valence-electron chi connectivity index (χ3n) is 26.2. The Labute approximate surface area is 358 Å². The van der Waals surface area contributed by atoms with Gasteiger partial charge in [-0.05, 0) is 296 Å². The van der Waals surface area contributed by atoms with Gasteiger partial charge in [-0.3, -0.25) is 0 Å². The average molecular weight is 796 g/mol. The molecule has 0 radical (unpaired) electrons. The molecule has 0 aromatic heterocycles. The number of hydrogen-bond donors (Lipinski definition) is 0. The standard InChI is InChI=1S/C65H15/c1-61-46-36-26-16-11-6-7-9-10-8(6)13-20-18(11)28(26)38-40-30(20)32-22(13)24-15(10)25-23-14(9)21-19-12(7)17(16)27-29(19)39-41-31(21)33(23)43-45-35(25)34(24)44-42(32)52-50(40)62(2,48(38)46)57-56(61)58-60-59(57)64(52,4)54(44)55(45)65(60,5)53(43)51(41)63(58,3)49(39)47(61)37(27)36/h1-5H3/q-1. The van der Waals surface area contributed by atoms with Gasteiger partial charge >= 0.3 is 0 Å². The van der Waals surface area contributed by atoms with Gasteiger partial charge in [0.25, 0.3) is 0 Å². The molecule has 0 saturated carbocycles. The molecule has 0 heterocycles. The molecule has 0 amide bonds. The Bertz CT molecular complexity index is 5420. The summed E-state index contributed by atoms with van der Waals surface area (Å²) in [5.41, 5.74) is 25.9. The third-order valence-corrected chi connectivity index (χ3v) is 26.2. The van der Waals surface area contributed by atoms with Crippen LogP contribution in [-0.2, 0) is 27.1 Å². The Morgan fingerprint density at radius 1 is 0.169 bits per heavy atom. The molecule has 22 aromatic carbocycles. The maximum Gasteiger partial charge on any atom is 0.0219 e. The van der Waals surface area contributed by atoms with Crippen LogP contribution in [0, 0.1) is 0 Å². The van der Waals surface area contributed by atoms with Gasteiger partial charge in [0.2, 0.25) is 0 Å². The predicted octanol–water partition coefficient (Wildman–Crippen LogP) is 15.9. The van der Waals surface area contributed by atoms with Crippen molar-refractivity contribution in [2.45, 2.75) is 61.7 Å². The number of benzene rings is 15. The molecule has 276 valence electrons. The molecule has 0 unspecified atom stereocenters. The van der Waals surface area contributed by atoms with E-state index in [1.807, 2.05) is 27.8 Å². The van der Waals surface area contributed by atoms with Crippen molar-refractivity contribution in [3.05, 3.63) is 83.5 Å². The Morgan fingerprint density at radius 3 is 0.538 bits per heavy atom. The van der Waals surface area contributed by atoms with E-state index >= 15 is 0 Å². The lowest BCUT2D eigenvalue weighted by Crippen LogP contribution is -2.47. The van der Waals surface area contributed by atoms with Crippen LogP contribution < -0.4 is 0 Å². The van der Waals surface area contributed by atoms with Gasteiger partial charge in [0.1, 0.15) is 0 Å². The van der Waals surface area contributed by atoms with Crippen molar-refractivity contribution >= 4 is 215 Å². The summed E-state index contributed by atoms with van der Waals surface area (Å²) in [5.74, 6) is 0. The van der Waals surface area contributed by atoms with E-state index in [2.05, 4.69) is 34.6 Å². The second-order valence-corrected chi connectivity index (χ2v) is 26.2.